The number of piperazine rings is 1. The Hall–Kier alpha value is -5.11. The van der Waals surface area contributed by atoms with E-state index in [2.05, 4.69) is 42.8 Å². The molecule has 13 heteroatoms. The van der Waals surface area contributed by atoms with Crippen LogP contribution in [0.25, 0.3) is 22.0 Å². The number of rotatable bonds is 11. The van der Waals surface area contributed by atoms with Crippen molar-refractivity contribution in [3.63, 3.8) is 0 Å². The molecule has 0 saturated carbocycles. The van der Waals surface area contributed by atoms with Gasteiger partial charge in [-0.2, -0.15) is 0 Å². The number of carbonyl (C=O) groups excluding carboxylic acids is 4. The summed E-state index contributed by atoms with van der Waals surface area (Å²) in [7, 11) is 1.54. The van der Waals surface area contributed by atoms with Gasteiger partial charge in [-0.1, -0.05) is 6.07 Å². The summed E-state index contributed by atoms with van der Waals surface area (Å²) >= 11 is 0. The highest BCUT2D eigenvalue weighted by Crippen LogP contribution is 2.36. The molecule has 1 atom stereocenters. The quantitative estimate of drug-likeness (QED) is 0.216. The lowest BCUT2D eigenvalue weighted by Gasteiger charge is -2.39. The van der Waals surface area contributed by atoms with Gasteiger partial charge in [0.05, 0.1) is 18.2 Å². The maximum Gasteiger partial charge on any atom is 0.262 e. The van der Waals surface area contributed by atoms with Gasteiger partial charge < -0.3 is 19.9 Å². The van der Waals surface area contributed by atoms with Crippen molar-refractivity contribution in [1.82, 2.24) is 24.6 Å². The first-order valence-electron chi connectivity index (χ1n) is 19.4. The van der Waals surface area contributed by atoms with Crippen molar-refractivity contribution in [3.05, 3.63) is 83.3 Å². The third-order valence-corrected chi connectivity index (χ3v) is 11.8. The lowest BCUT2D eigenvalue weighted by atomic mass is 9.95. The zero-order chi connectivity index (χ0) is 38.2. The second kappa shape index (κ2) is 15.6. The van der Waals surface area contributed by atoms with Gasteiger partial charge in [-0.15, -0.1) is 0 Å². The minimum absolute atomic E-state index is 0.0959. The van der Waals surface area contributed by atoms with Gasteiger partial charge in [-0.25, -0.2) is 4.39 Å². The number of hydrogen-bond donors (Lipinski definition) is 2. The number of aromatic nitrogens is 1. The minimum Gasteiger partial charge on any atom is -0.497 e. The number of nitrogens with two attached hydrogens (primary N) is 1. The van der Waals surface area contributed by atoms with E-state index < -0.39 is 23.8 Å². The number of nitrogens with one attached hydrogen (secondary N) is 1. The van der Waals surface area contributed by atoms with Crippen LogP contribution in [0.4, 0.5) is 10.1 Å². The van der Waals surface area contributed by atoms with Gasteiger partial charge in [-0.3, -0.25) is 39.2 Å². The number of carbonyl (C=O) groups is 4. The van der Waals surface area contributed by atoms with E-state index in [0.29, 0.717) is 34.9 Å². The monoisotopic (exact) mass is 749 g/mol. The highest BCUT2D eigenvalue weighted by Gasteiger charge is 2.45. The standard InChI is InChI=1S/C42H48FN7O5/c1-55-30-5-7-31(36(43)23-30)35-26-49(14-2-13-44)37-8-3-28(21-33(35)37)25-46-15-11-27(12-16-46)24-47-17-19-48(20-18-47)29-4-6-32-34(22-29)42(54)50(41(32)53)38-9-10-39(51)45-40(38)52/h3-8,21-23,26-27,38H,2,9-20,24-25,44H2,1H3,(H,45,51,52). The SMILES string of the molecule is COc1ccc(-c2cn(CCCN)c3ccc(CN4CCC(CN5CCN(c6ccc7c(c6)C(=O)N(C6CCC(=O)NC6=O)C7=O)CC5)CC4)cc23)c(F)c1. The summed E-state index contributed by atoms with van der Waals surface area (Å²) in [6.45, 7) is 8.77. The number of aryl methyl sites for hydroxylation is 1. The maximum absolute atomic E-state index is 15.3. The Balaban J connectivity index is 0.850. The van der Waals surface area contributed by atoms with Crippen LogP contribution in [0.5, 0.6) is 5.75 Å². The number of piperidine rings is 2. The number of hydrogen-bond acceptors (Lipinski definition) is 9. The summed E-state index contributed by atoms with van der Waals surface area (Å²) in [6.07, 6.45) is 5.39. The molecule has 4 aliphatic heterocycles. The van der Waals surface area contributed by atoms with Gasteiger partial charge in [-0.05, 0) is 99.3 Å². The molecular formula is C42H48FN7O5. The summed E-state index contributed by atoms with van der Waals surface area (Å²) in [4.78, 5) is 58.9. The van der Waals surface area contributed by atoms with Crippen LogP contribution >= 0.6 is 0 Å². The van der Waals surface area contributed by atoms with Crippen LogP contribution in [-0.2, 0) is 22.7 Å². The topological polar surface area (TPSA) is 133 Å². The second-order valence-corrected chi connectivity index (χ2v) is 15.3. The number of anilines is 1. The maximum atomic E-state index is 15.3. The summed E-state index contributed by atoms with van der Waals surface area (Å²) in [5, 5.41) is 3.29. The number of ether oxygens (including phenoxy) is 1. The molecule has 3 saturated heterocycles. The molecule has 12 nitrogen and oxygen atoms in total. The van der Waals surface area contributed by atoms with E-state index in [9.17, 15) is 19.2 Å². The number of fused-ring (bicyclic) bond motifs is 2. The van der Waals surface area contributed by atoms with Crippen LogP contribution < -0.4 is 20.7 Å². The fraction of sp³-hybridized carbons (Fsp3) is 0.429. The average molecular weight is 750 g/mol. The van der Waals surface area contributed by atoms with Crippen molar-refractivity contribution in [2.45, 2.75) is 51.2 Å². The fourth-order valence-corrected chi connectivity index (χ4v) is 8.74. The van der Waals surface area contributed by atoms with Crippen molar-refractivity contribution >= 4 is 40.2 Å². The number of methoxy groups -OCH3 is 1. The van der Waals surface area contributed by atoms with E-state index >= 15 is 4.39 Å². The van der Waals surface area contributed by atoms with E-state index in [1.165, 1.54) is 11.6 Å². The van der Waals surface area contributed by atoms with E-state index in [1.54, 1.807) is 31.4 Å². The number of halogens is 1. The predicted octanol–water partition coefficient (Wildman–Crippen LogP) is 4.24. The van der Waals surface area contributed by atoms with Crippen LogP contribution in [0.15, 0.2) is 60.8 Å². The van der Waals surface area contributed by atoms with Gasteiger partial charge >= 0.3 is 0 Å². The Morgan fingerprint density at radius 3 is 2.31 bits per heavy atom. The van der Waals surface area contributed by atoms with E-state index in [4.69, 9.17) is 10.5 Å². The summed E-state index contributed by atoms with van der Waals surface area (Å²) in [5.41, 5.74) is 11.1. The molecule has 0 radical (unpaired) electrons. The zero-order valence-electron chi connectivity index (χ0n) is 31.3. The molecule has 8 rings (SSSR count). The van der Waals surface area contributed by atoms with Crippen LogP contribution in [0.2, 0.25) is 0 Å². The first kappa shape index (κ1) is 36.8. The molecule has 1 aromatic heterocycles. The van der Waals surface area contributed by atoms with E-state index in [-0.39, 0.29) is 24.6 Å². The second-order valence-electron chi connectivity index (χ2n) is 15.3. The average Bonchev–Trinajstić information content (AvgIpc) is 3.67. The number of benzene rings is 3. The number of imide groups is 2. The highest BCUT2D eigenvalue weighted by atomic mass is 19.1. The molecule has 0 bridgehead atoms. The van der Waals surface area contributed by atoms with Crippen molar-refractivity contribution in [3.8, 4) is 16.9 Å². The zero-order valence-corrected chi connectivity index (χ0v) is 31.3. The van der Waals surface area contributed by atoms with Crippen molar-refractivity contribution in [2.75, 3.05) is 64.4 Å². The largest absolute Gasteiger partial charge is 0.497 e. The molecule has 3 aromatic carbocycles. The Morgan fingerprint density at radius 1 is 0.818 bits per heavy atom. The van der Waals surface area contributed by atoms with Gasteiger partial charge in [0, 0.05) is 92.2 Å². The summed E-state index contributed by atoms with van der Waals surface area (Å²) < 4.78 is 22.7. The van der Waals surface area contributed by atoms with Crippen molar-refractivity contribution in [1.29, 1.82) is 0 Å². The first-order valence-corrected chi connectivity index (χ1v) is 19.4. The number of amides is 4. The molecule has 0 aliphatic carbocycles. The summed E-state index contributed by atoms with van der Waals surface area (Å²) in [5.74, 6) is -1.14. The van der Waals surface area contributed by atoms with Crippen molar-refractivity contribution in [2.24, 2.45) is 11.7 Å². The van der Waals surface area contributed by atoms with Crippen LogP contribution in [0.1, 0.15) is 58.4 Å². The molecule has 1 unspecified atom stereocenters. The van der Waals surface area contributed by atoms with E-state index in [1.807, 2.05) is 12.3 Å². The Labute approximate surface area is 320 Å². The lowest BCUT2D eigenvalue weighted by Crippen LogP contribution is -2.54. The Bertz CT molecular complexity index is 2140. The summed E-state index contributed by atoms with van der Waals surface area (Å²) in [6, 6.07) is 16.0. The third-order valence-electron chi connectivity index (χ3n) is 11.8. The molecule has 3 N–H and O–H groups in total. The number of likely N-dealkylation sites (tertiary alicyclic amines) is 1. The lowest BCUT2D eigenvalue weighted by molar-refractivity contribution is -0.136. The molecule has 4 aliphatic rings. The van der Waals surface area contributed by atoms with Gasteiger partial charge in [0.1, 0.15) is 17.6 Å². The van der Waals surface area contributed by atoms with Gasteiger partial charge in [0.15, 0.2) is 0 Å². The molecule has 3 fully saturated rings. The van der Waals surface area contributed by atoms with Crippen molar-refractivity contribution < 1.29 is 28.3 Å². The number of nitrogens with zero attached hydrogens (tertiary/aromatic N) is 5. The van der Waals surface area contributed by atoms with Gasteiger partial charge in [0.25, 0.3) is 11.8 Å². The van der Waals surface area contributed by atoms with Crippen LogP contribution in [0, 0.1) is 11.7 Å². The molecule has 0 spiro atoms. The fourth-order valence-electron chi connectivity index (χ4n) is 8.74. The highest BCUT2D eigenvalue weighted by molar-refractivity contribution is 6.23. The molecule has 55 heavy (non-hydrogen) atoms. The minimum atomic E-state index is -0.968. The molecule has 5 heterocycles. The van der Waals surface area contributed by atoms with Crippen LogP contribution in [-0.4, -0.2) is 108 Å². The molecule has 4 aromatic rings. The first-order chi connectivity index (χ1) is 26.7. The Morgan fingerprint density at radius 2 is 1.58 bits per heavy atom. The van der Waals surface area contributed by atoms with E-state index in [0.717, 1.165) is 105 Å². The molecular weight excluding hydrogens is 702 g/mol. The predicted molar refractivity (Wildman–Crippen MR) is 207 cm³/mol. The molecule has 288 valence electrons. The smallest absolute Gasteiger partial charge is 0.262 e. The third kappa shape index (κ3) is 7.36. The Kier molecular flexibility index (Phi) is 10.4. The van der Waals surface area contributed by atoms with Gasteiger partial charge in [0.2, 0.25) is 11.8 Å². The van der Waals surface area contributed by atoms with Crippen LogP contribution in [0.3, 0.4) is 0 Å². The molecule has 4 amide bonds. The normalized spacial score (nSPS) is 20.1.